The van der Waals surface area contributed by atoms with Crippen LogP contribution in [0.25, 0.3) is 10.9 Å². The van der Waals surface area contributed by atoms with Gasteiger partial charge in [0.2, 0.25) is 10.0 Å². The van der Waals surface area contributed by atoms with Crippen LogP contribution in [0.4, 0.5) is 5.69 Å². The Bertz CT molecular complexity index is 758. The van der Waals surface area contributed by atoms with E-state index in [9.17, 15) is 8.42 Å². The van der Waals surface area contributed by atoms with Crippen molar-refractivity contribution < 1.29 is 8.42 Å². The monoisotopic (exact) mass is 291 g/mol. The van der Waals surface area contributed by atoms with E-state index in [1.165, 1.54) is 6.07 Å². The van der Waals surface area contributed by atoms with Crippen molar-refractivity contribution in [3.63, 3.8) is 0 Å². The van der Waals surface area contributed by atoms with E-state index in [2.05, 4.69) is 16.6 Å². The predicted octanol–water partition coefficient (Wildman–Crippen LogP) is 1.89. The highest BCUT2D eigenvalue weighted by atomic mass is 32.2. The summed E-state index contributed by atoms with van der Waals surface area (Å²) >= 11 is 0. The smallest absolute Gasteiger partial charge is 0.243 e. The number of rotatable bonds is 4. The number of nitrogen functional groups attached to an aromatic ring is 1. The van der Waals surface area contributed by atoms with E-state index in [4.69, 9.17) is 5.73 Å². The number of benzene rings is 1. The van der Waals surface area contributed by atoms with Gasteiger partial charge in [0.1, 0.15) is 4.90 Å². The number of nitrogens with zero attached hydrogens (tertiary/aromatic N) is 1. The molecule has 2 aromatic rings. The van der Waals surface area contributed by atoms with Crippen molar-refractivity contribution >= 4 is 26.6 Å². The molecular formula is C14H17N3O2S. The van der Waals surface area contributed by atoms with Gasteiger partial charge in [-0.05, 0) is 36.6 Å². The van der Waals surface area contributed by atoms with Crippen LogP contribution in [0.5, 0.6) is 0 Å². The fraction of sp³-hybridized carbons (Fsp3) is 0.357. The zero-order valence-electron chi connectivity index (χ0n) is 11.2. The molecule has 1 saturated carbocycles. The van der Waals surface area contributed by atoms with Crippen LogP contribution in [0.3, 0.4) is 0 Å². The van der Waals surface area contributed by atoms with Crippen molar-refractivity contribution in [2.45, 2.75) is 30.7 Å². The number of nitrogens with two attached hydrogens (primary N) is 1. The first-order valence-corrected chi connectivity index (χ1v) is 8.17. The highest BCUT2D eigenvalue weighted by Crippen LogP contribution is 2.35. The largest absolute Gasteiger partial charge is 0.398 e. The Morgan fingerprint density at radius 3 is 2.90 bits per heavy atom. The summed E-state index contributed by atoms with van der Waals surface area (Å²) in [6.07, 6.45) is 3.48. The van der Waals surface area contributed by atoms with Crippen LogP contribution >= 0.6 is 0 Å². The Hall–Kier alpha value is -1.66. The maximum absolute atomic E-state index is 12.5. The number of anilines is 1. The highest BCUT2D eigenvalue weighted by Gasteiger charge is 2.39. The second kappa shape index (κ2) is 4.71. The summed E-state index contributed by atoms with van der Waals surface area (Å²) in [5.41, 5.74) is 6.83. The summed E-state index contributed by atoms with van der Waals surface area (Å²) in [5, 5.41) is 0.665. The number of sulfonamides is 1. The Morgan fingerprint density at radius 1 is 1.40 bits per heavy atom. The minimum atomic E-state index is -3.55. The molecule has 2 unspecified atom stereocenters. The number of pyridine rings is 1. The average Bonchev–Trinajstić information content (AvgIpc) is 3.16. The summed E-state index contributed by atoms with van der Waals surface area (Å²) in [7, 11) is -3.55. The first kappa shape index (κ1) is 13.3. The van der Waals surface area contributed by atoms with Crippen molar-refractivity contribution in [2.75, 3.05) is 5.73 Å². The average molecular weight is 291 g/mol. The van der Waals surface area contributed by atoms with Gasteiger partial charge in [-0.1, -0.05) is 13.3 Å². The maximum atomic E-state index is 12.5. The van der Waals surface area contributed by atoms with Gasteiger partial charge in [-0.15, -0.1) is 0 Å². The molecule has 1 aromatic heterocycles. The highest BCUT2D eigenvalue weighted by molar-refractivity contribution is 7.89. The molecule has 1 aromatic carbocycles. The fourth-order valence-corrected chi connectivity index (χ4v) is 3.97. The molecule has 0 bridgehead atoms. The van der Waals surface area contributed by atoms with Gasteiger partial charge in [0.15, 0.2) is 0 Å². The molecule has 0 saturated heterocycles. The Balaban J connectivity index is 2.04. The van der Waals surface area contributed by atoms with Gasteiger partial charge < -0.3 is 5.73 Å². The SMILES string of the molecule is CCC1CC1NS(=O)(=O)c1ccc(N)c2cccnc12. The van der Waals surface area contributed by atoms with E-state index >= 15 is 0 Å². The summed E-state index contributed by atoms with van der Waals surface area (Å²) < 4.78 is 27.7. The van der Waals surface area contributed by atoms with Crippen molar-refractivity contribution in [1.29, 1.82) is 0 Å². The van der Waals surface area contributed by atoms with Gasteiger partial charge in [0, 0.05) is 23.3 Å². The Kier molecular flexibility index (Phi) is 3.14. The summed E-state index contributed by atoms with van der Waals surface area (Å²) in [4.78, 5) is 4.37. The molecular weight excluding hydrogens is 274 g/mol. The van der Waals surface area contributed by atoms with Crippen molar-refractivity contribution in [3.05, 3.63) is 30.5 Å². The second-order valence-electron chi connectivity index (χ2n) is 5.18. The number of hydrogen-bond donors (Lipinski definition) is 2. The van der Waals surface area contributed by atoms with Crippen LogP contribution in [0.1, 0.15) is 19.8 Å². The van der Waals surface area contributed by atoms with Crippen LogP contribution in [-0.4, -0.2) is 19.4 Å². The number of hydrogen-bond acceptors (Lipinski definition) is 4. The van der Waals surface area contributed by atoms with E-state index in [0.717, 1.165) is 12.8 Å². The predicted molar refractivity (Wildman–Crippen MR) is 78.7 cm³/mol. The molecule has 3 rings (SSSR count). The quantitative estimate of drug-likeness (QED) is 0.842. The van der Waals surface area contributed by atoms with E-state index in [1.54, 1.807) is 24.4 Å². The van der Waals surface area contributed by atoms with Crippen LogP contribution < -0.4 is 10.5 Å². The number of aromatic nitrogens is 1. The molecule has 3 N–H and O–H groups in total. The van der Waals surface area contributed by atoms with E-state index < -0.39 is 10.0 Å². The third-order valence-corrected chi connectivity index (χ3v) is 5.33. The topological polar surface area (TPSA) is 85.1 Å². The molecule has 20 heavy (non-hydrogen) atoms. The van der Waals surface area contributed by atoms with Crippen molar-refractivity contribution in [1.82, 2.24) is 9.71 Å². The second-order valence-corrected chi connectivity index (χ2v) is 6.87. The minimum absolute atomic E-state index is 0.0568. The molecule has 1 fully saturated rings. The van der Waals surface area contributed by atoms with Gasteiger partial charge in [0.25, 0.3) is 0 Å². The lowest BCUT2D eigenvalue weighted by Gasteiger charge is -2.10. The third kappa shape index (κ3) is 2.25. The first-order chi connectivity index (χ1) is 9.53. The molecule has 6 heteroatoms. The molecule has 1 heterocycles. The normalized spacial score (nSPS) is 22.1. The van der Waals surface area contributed by atoms with Crippen molar-refractivity contribution in [3.8, 4) is 0 Å². The molecule has 5 nitrogen and oxygen atoms in total. The molecule has 1 aliphatic rings. The molecule has 0 radical (unpaired) electrons. The number of nitrogens with one attached hydrogen (secondary N) is 1. The van der Waals surface area contributed by atoms with E-state index in [0.29, 0.717) is 22.5 Å². The van der Waals surface area contributed by atoms with Crippen molar-refractivity contribution in [2.24, 2.45) is 5.92 Å². The van der Waals surface area contributed by atoms with Gasteiger partial charge >= 0.3 is 0 Å². The molecule has 1 aliphatic carbocycles. The van der Waals surface area contributed by atoms with Gasteiger partial charge in [-0.2, -0.15) is 0 Å². The van der Waals surface area contributed by atoms with Crippen LogP contribution in [0.15, 0.2) is 35.4 Å². The molecule has 2 atom stereocenters. The minimum Gasteiger partial charge on any atom is -0.398 e. The summed E-state index contributed by atoms with van der Waals surface area (Å²) in [5.74, 6) is 0.456. The lowest BCUT2D eigenvalue weighted by molar-refractivity contribution is 0.576. The first-order valence-electron chi connectivity index (χ1n) is 6.68. The van der Waals surface area contributed by atoms with Crippen LogP contribution in [0, 0.1) is 5.92 Å². The lowest BCUT2D eigenvalue weighted by atomic mass is 10.2. The molecule has 0 aliphatic heterocycles. The summed E-state index contributed by atoms with van der Waals surface area (Å²) in [6.45, 7) is 2.07. The summed E-state index contributed by atoms with van der Waals surface area (Å²) in [6, 6.07) is 6.72. The molecule has 106 valence electrons. The van der Waals surface area contributed by atoms with Gasteiger partial charge in [-0.25, -0.2) is 13.1 Å². The van der Waals surface area contributed by atoms with E-state index in [1.807, 2.05) is 0 Å². The fourth-order valence-electron chi connectivity index (χ4n) is 2.49. The Morgan fingerprint density at radius 2 is 2.20 bits per heavy atom. The Labute approximate surface area is 118 Å². The number of fused-ring (bicyclic) bond motifs is 1. The van der Waals surface area contributed by atoms with Gasteiger partial charge in [0.05, 0.1) is 5.52 Å². The molecule has 0 amide bonds. The molecule has 0 spiro atoms. The lowest BCUT2D eigenvalue weighted by Crippen LogP contribution is -2.27. The third-order valence-electron chi connectivity index (χ3n) is 3.81. The van der Waals surface area contributed by atoms with Crippen LogP contribution in [0.2, 0.25) is 0 Å². The zero-order valence-corrected chi connectivity index (χ0v) is 12.0. The van der Waals surface area contributed by atoms with Gasteiger partial charge in [-0.3, -0.25) is 4.98 Å². The maximum Gasteiger partial charge on any atom is 0.243 e. The standard InChI is InChI=1S/C14H17N3O2S/c1-2-9-8-12(9)17-20(18,19)13-6-5-11(15)10-4-3-7-16-14(10)13/h3-7,9,12,17H,2,8,15H2,1H3. The van der Waals surface area contributed by atoms with E-state index in [-0.39, 0.29) is 10.9 Å². The zero-order chi connectivity index (χ0) is 14.3. The van der Waals surface area contributed by atoms with Crippen LogP contribution in [-0.2, 0) is 10.0 Å².